The molecule has 3 N–H and O–H groups in total. The molecule has 1 atom stereocenters. The summed E-state index contributed by atoms with van der Waals surface area (Å²) < 4.78 is 5.58. The second kappa shape index (κ2) is 13.9. The lowest BCUT2D eigenvalue weighted by molar-refractivity contribution is 0.0963. The van der Waals surface area contributed by atoms with Gasteiger partial charge in [0.1, 0.15) is 6.10 Å². The Bertz CT molecular complexity index is 768. The molecule has 7 heteroatoms. The van der Waals surface area contributed by atoms with Gasteiger partial charge in [0.05, 0.1) is 6.54 Å². The van der Waals surface area contributed by atoms with Crippen molar-refractivity contribution in [2.45, 2.75) is 19.4 Å². The van der Waals surface area contributed by atoms with E-state index in [1.807, 2.05) is 61.5 Å². The molecule has 0 heterocycles. The zero-order chi connectivity index (χ0) is 20.2. The third kappa shape index (κ3) is 8.41. The Morgan fingerprint density at radius 2 is 1.86 bits per heavy atom. The maximum Gasteiger partial charge on any atom is 0.251 e. The normalized spacial score (nSPS) is 11.9. The molecule has 29 heavy (non-hydrogen) atoms. The third-order valence-electron chi connectivity index (χ3n) is 4.34. The van der Waals surface area contributed by atoms with Crippen LogP contribution in [0.5, 0.6) is 0 Å². The number of hydrogen-bond donors (Lipinski definition) is 3. The van der Waals surface area contributed by atoms with Crippen molar-refractivity contribution in [3.8, 4) is 0 Å². The fraction of sp³-hybridized carbons (Fsp3) is 0.364. The predicted molar refractivity (Wildman–Crippen MR) is 129 cm³/mol. The number of carbonyl (C=O) groups is 1. The summed E-state index contributed by atoms with van der Waals surface area (Å²) in [6, 6.07) is 17.7. The van der Waals surface area contributed by atoms with Gasteiger partial charge in [0.2, 0.25) is 0 Å². The number of amides is 1. The molecule has 0 saturated heterocycles. The maximum absolute atomic E-state index is 11.8. The standard InChI is InChI=1S/C22H30N4O2.HI/c1-4-24-22(26-16-20(28-3)18-10-6-5-7-11-18)25-14-13-17-9-8-12-19(15-17)21(27)23-2;/h5-12,15,20H,4,13-14,16H2,1-3H3,(H,23,27)(H2,24,25,26);1H. The number of methoxy groups -OCH3 is 1. The van der Waals surface area contributed by atoms with Crippen LogP contribution in [0.3, 0.4) is 0 Å². The summed E-state index contributed by atoms with van der Waals surface area (Å²) in [5.74, 6) is 0.680. The highest BCUT2D eigenvalue weighted by Crippen LogP contribution is 2.16. The topological polar surface area (TPSA) is 74.8 Å². The van der Waals surface area contributed by atoms with Gasteiger partial charge in [-0.1, -0.05) is 42.5 Å². The quantitative estimate of drug-likeness (QED) is 0.275. The molecule has 2 aromatic carbocycles. The number of guanidine groups is 1. The van der Waals surface area contributed by atoms with Crippen molar-refractivity contribution in [1.29, 1.82) is 0 Å². The van der Waals surface area contributed by atoms with Crippen LogP contribution in [0.15, 0.2) is 59.6 Å². The average molecular weight is 510 g/mol. The maximum atomic E-state index is 11.8. The molecule has 0 fully saturated rings. The van der Waals surface area contributed by atoms with Gasteiger partial charge in [0.25, 0.3) is 5.91 Å². The number of benzene rings is 2. The summed E-state index contributed by atoms with van der Waals surface area (Å²) >= 11 is 0. The number of rotatable bonds is 9. The lowest BCUT2D eigenvalue weighted by atomic mass is 10.1. The highest BCUT2D eigenvalue weighted by Gasteiger charge is 2.10. The number of hydrogen-bond acceptors (Lipinski definition) is 3. The lowest BCUT2D eigenvalue weighted by Crippen LogP contribution is -2.38. The van der Waals surface area contributed by atoms with Gasteiger partial charge in [0, 0.05) is 32.8 Å². The molecule has 2 rings (SSSR count). The minimum absolute atomic E-state index is 0. The van der Waals surface area contributed by atoms with Crippen molar-refractivity contribution in [1.82, 2.24) is 16.0 Å². The van der Waals surface area contributed by atoms with Crippen molar-refractivity contribution < 1.29 is 9.53 Å². The van der Waals surface area contributed by atoms with Crippen LogP contribution in [0.25, 0.3) is 0 Å². The average Bonchev–Trinajstić information content (AvgIpc) is 2.74. The second-order valence-electron chi connectivity index (χ2n) is 6.31. The number of ether oxygens (including phenoxy) is 1. The molecule has 0 aromatic heterocycles. The van der Waals surface area contributed by atoms with Gasteiger partial charge in [-0.05, 0) is 36.6 Å². The summed E-state index contributed by atoms with van der Waals surface area (Å²) in [5, 5.41) is 9.25. The number of nitrogens with zero attached hydrogens (tertiary/aromatic N) is 1. The summed E-state index contributed by atoms with van der Waals surface area (Å²) in [7, 11) is 3.34. The number of halogens is 1. The molecule has 0 aliphatic heterocycles. The van der Waals surface area contributed by atoms with E-state index in [0.29, 0.717) is 18.7 Å². The van der Waals surface area contributed by atoms with E-state index in [2.05, 4.69) is 20.9 Å². The Balaban J connectivity index is 0.00000420. The third-order valence-corrected chi connectivity index (χ3v) is 4.34. The highest BCUT2D eigenvalue weighted by atomic mass is 127. The monoisotopic (exact) mass is 510 g/mol. The first-order chi connectivity index (χ1) is 13.7. The molecule has 0 radical (unpaired) electrons. The molecule has 0 bridgehead atoms. The second-order valence-corrected chi connectivity index (χ2v) is 6.31. The van der Waals surface area contributed by atoms with Crippen LogP contribution in [0, 0.1) is 0 Å². The lowest BCUT2D eigenvalue weighted by Gasteiger charge is -2.16. The van der Waals surface area contributed by atoms with E-state index in [4.69, 9.17) is 4.74 Å². The molecule has 0 spiro atoms. The van der Waals surface area contributed by atoms with E-state index < -0.39 is 0 Å². The van der Waals surface area contributed by atoms with Crippen LogP contribution in [0.2, 0.25) is 0 Å². The van der Waals surface area contributed by atoms with Crippen molar-refractivity contribution in [2.24, 2.45) is 4.99 Å². The summed E-state index contributed by atoms with van der Waals surface area (Å²) in [4.78, 5) is 16.4. The first-order valence-corrected chi connectivity index (χ1v) is 9.58. The molecule has 158 valence electrons. The number of carbonyl (C=O) groups excluding carboxylic acids is 1. The van der Waals surface area contributed by atoms with Crippen LogP contribution in [0.4, 0.5) is 0 Å². The molecule has 0 aliphatic carbocycles. The van der Waals surface area contributed by atoms with Crippen LogP contribution in [-0.2, 0) is 11.2 Å². The predicted octanol–water partition coefficient (Wildman–Crippen LogP) is 3.15. The van der Waals surface area contributed by atoms with E-state index in [1.54, 1.807) is 14.2 Å². The van der Waals surface area contributed by atoms with Crippen LogP contribution in [0.1, 0.15) is 34.5 Å². The highest BCUT2D eigenvalue weighted by molar-refractivity contribution is 14.0. The Labute approximate surface area is 190 Å². The van der Waals surface area contributed by atoms with E-state index in [0.717, 1.165) is 30.1 Å². The van der Waals surface area contributed by atoms with Crippen LogP contribution < -0.4 is 16.0 Å². The smallest absolute Gasteiger partial charge is 0.251 e. The van der Waals surface area contributed by atoms with Gasteiger partial charge in [-0.15, -0.1) is 24.0 Å². The van der Waals surface area contributed by atoms with Gasteiger partial charge >= 0.3 is 0 Å². The van der Waals surface area contributed by atoms with Gasteiger partial charge < -0.3 is 20.7 Å². The minimum atomic E-state index is -0.0825. The van der Waals surface area contributed by atoms with E-state index in [-0.39, 0.29) is 36.0 Å². The molecule has 1 unspecified atom stereocenters. The minimum Gasteiger partial charge on any atom is -0.375 e. The van der Waals surface area contributed by atoms with E-state index >= 15 is 0 Å². The Hall–Kier alpha value is -2.13. The SMILES string of the molecule is CCNC(=NCC(OC)c1ccccc1)NCCc1cccc(C(=O)NC)c1.I. The molecule has 2 aromatic rings. The summed E-state index contributed by atoms with van der Waals surface area (Å²) in [6.45, 7) is 4.06. The Kier molecular flexibility index (Phi) is 12.0. The van der Waals surface area contributed by atoms with Crippen molar-refractivity contribution in [3.63, 3.8) is 0 Å². The molecular weight excluding hydrogens is 479 g/mol. The molecule has 1 amide bonds. The van der Waals surface area contributed by atoms with Crippen molar-refractivity contribution in [3.05, 3.63) is 71.3 Å². The van der Waals surface area contributed by atoms with Gasteiger partial charge in [-0.3, -0.25) is 9.79 Å². The first kappa shape index (κ1) is 24.9. The summed E-state index contributed by atoms with van der Waals surface area (Å²) in [6.07, 6.45) is 0.711. The van der Waals surface area contributed by atoms with Gasteiger partial charge in [-0.25, -0.2) is 0 Å². The number of nitrogens with one attached hydrogen (secondary N) is 3. The molecule has 0 aliphatic rings. The van der Waals surface area contributed by atoms with E-state index in [1.165, 1.54) is 0 Å². The van der Waals surface area contributed by atoms with E-state index in [9.17, 15) is 4.79 Å². The van der Waals surface area contributed by atoms with Crippen LogP contribution in [-0.4, -0.2) is 45.7 Å². The molecule has 6 nitrogen and oxygen atoms in total. The van der Waals surface area contributed by atoms with Crippen LogP contribution >= 0.6 is 24.0 Å². The fourth-order valence-electron chi connectivity index (χ4n) is 2.84. The zero-order valence-corrected chi connectivity index (χ0v) is 19.6. The van der Waals surface area contributed by atoms with Crippen molar-refractivity contribution >= 4 is 35.8 Å². The number of aliphatic imine (C=N–C) groups is 1. The fourth-order valence-corrected chi connectivity index (χ4v) is 2.84. The van der Waals surface area contributed by atoms with Gasteiger partial charge in [-0.2, -0.15) is 0 Å². The zero-order valence-electron chi connectivity index (χ0n) is 17.3. The first-order valence-electron chi connectivity index (χ1n) is 9.58. The summed E-state index contributed by atoms with van der Waals surface area (Å²) in [5.41, 5.74) is 2.88. The molecular formula is C22H31IN4O2. The Morgan fingerprint density at radius 1 is 1.10 bits per heavy atom. The largest absolute Gasteiger partial charge is 0.375 e. The van der Waals surface area contributed by atoms with Gasteiger partial charge in [0.15, 0.2) is 5.96 Å². The van der Waals surface area contributed by atoms with Crippen molar-refractivity contribution in [2.75, 3.05) is 33.8 Å². The Morgan fingerprint density at radius 3 is 2.52 bits per heavy atom. The molecule has 0 saturated carbocycles.